The molecule has 3 aromatic rings. The van der Waals surface area contributed by atoms with E-state index in [0.29, 0.717) is 5.02 Å². The quantitative estimate of drug-likeness (QED) is 0.706. The number of methoxy groups -OCH3 is 1. The van der Waals surface area contributed by atoms with Crippen LogP contribution in [0.25, 0.3) is 16.9 Å². The van der Waals surface area contributed by atoms with E-state index in [9.17, 15) is 0 Å². The van der Waals surface area contributed by atoms with Gasteiger partial charge in [-0.1, -0.05) is 11.6 Å². The Morgan fingerprint density at radius 1 is 1.16 bits per heavy atom. The van der Waals surface area contributed by atoms with E-state index in [1.165, 1.54) is 0 Å². The molecule has 0 N–H and O–H groups in total. The third-order valence-electron chi connectivity index (χ3n) is 3.12. The van der Waals surface area contributed by atoms with Crippen molar-refractivity contribution in [2.45, 2.75) is 6.92 Å². The Morgan fingerprint density at radius 3 is 2.74 bits per heavy atom. The zero-order valence-electron chi connectivity index (χ0n) is 10.7. The van der Waals surface area contributed by atoms with E-state index >= 15 is 0 Å². The molecule has 0 atom stereocenters. The molecule has 0 fully saturated rings. The highest BCUT2D eigenvalue weighted by Gasteiger charge is 2.08. The Morgan fingerprint density at radius 2 is 2.00 bits per heavy atom. The first kappa shape index (κ1) is 12.1. The van der Waals surface area contributed by atoms with E-state index < -0.39 is 0 Å². The van der Waals surface area contributed by atoms with E-state index in [1.807, 2.05) is 47.1 Å². The summed E-state index contributed by atoms with van der Waals surface area (Å²) in [5, 5.41) is 0.697. The average molecular weight is 273 g/mol. The summed E-state index contributed by atoms with van der Waals surface area (Å²) in [7, 11) is 1.67. The summed E-state index contributed by atoms with van der Waals surface area (Å²) in [6.07, 6.45) is 3.84. The number of fused-ring (bicyclic) bond motifs is 1. The van der Waals surface area contributed by atoms with Crippen LogP contribution in [0, 0.1) is 6.92 Å². The minimum atomic E-state index is 0.697. The number of pyridine rings is 1. The molecule has 0 aliphatic rings. The van der Waals surface area contributed by atoms with E-state index in [4.69, 9.17) is 16.3 Å². The Hall–Kier alpha value is -2.00. The zero-order valence-corrected chi connectivity index (χ0v) is 11.5. The van der Waals surface area contributed by atoms with Gasteiger partial charge in [-0.3, -0.25) is 0 Å². The standard InChI is InChI=1S/C15H13ClN2O/c1-10-7-12(19-2)4-5-13(10)14-9-18-8-11(16)3-6-15(18)17-14/h3-9H,1-2H3. The van der Waals surface area contributed by atoms with Gasteiger partial charge in [0.25, 0.3) is 0 Å². The minimum absolute atomic E-state index is 0.697. The van der Waals surface area contributed by atoms with E-state index in [-0.39, 0.29) is 0 Å². The van der Waals surface area contributed by atoms with Crippen molar-refractivity contribution in [3.05, 3.63) is 53.3 Å². The van der Waals surface area contributed by atoms with Crippen LogP contribution < -0.4 is 4.74 Å². The molecule has 1 aromatic carbocycles. The second kappa shape index (κ2) is 4.59. The number of ether oxygens (including phenoxy) is 1. The smallest absolute Gasteiger partial charge is 0.137 e. The summed E-state index contributed by atoms with van der Waals surface area (Å²) in [5.74, 6) is 0.855. The Kier molecular flexibility index (Phi) is 2.91. The largest absolute Gasteiger partial charge is 0.497 e. The maximum absolute atomic E-state index is 5.98. The van der Waals surface area contributed by atoms with Crippen molar-refractivity contribution in [1.29, 1.82) is 0 Å². The molecule has 4 heteroatoms. The van der Waals surface area contributed by atoms with Crippen molar-refractivity contribution in [1.82, 2.24) is 9.38 Å². The van der Waals surface area contributed by atoms with E-state index in [2.05, 4.69) is 11.9 Å². The molecule has 3 rings (SSSR count). The Bertz CT molecular complexity index is 749. The molecule has 0 saturated heterocycles. The topological polar surface area (TPSA) is 26.5 Å². The van der Waals surface area contributed by atoms with Crippen LogP contribution in [0.1, 0.15) is 5.56 Å². The number of benzene rings is 1. The SMILES string of the molecule is COc1ccc(-c2cn3cc(Cl)ccc3n2)c(C)c1. The fourth-order valence-electron chi connectivity index (χ4n) is 2.14. The van der Waals surface area contributed by atoms with Crippen molar-refractivity contribution in [3.63, 3.8) is 0 Å². The molecule has 0 spiro atoms. The molecule has 0 aliphatic heterocycles. The van der Waals surface area contributed by atoms with Gasteiger partial charge in [0.05, 0.1) is 17.8 Å². The number of halogens is 1. The lowest BCUT2D eigenvalue weighted by molar-refractivity contribution is 0.414. The Balaban J connectivity index is 2.13. The lowest BCUT2D eigenvalue weighted by Gasteiger charge is -2.05. The van der Waals surface area contributed by atoms with Crippen molar-refractivity contribution in [2.24, 2.45) is 0 Å². The van der Waals surface area contributed by atoms with Gasteiger partial charge in [-0.15, -0.1) is 0 Å². The van der Waals surface area contributed by atoms with Gasteiger partial charge < -0.3 is 9.14 Å². The van der Waals surface area contributed by atoms with Crippen LogP contribution in [-0.2, 0) is 0 Å². The number of nitrogens with zero attached hydrogens (tertiary/aromatic N) is 2. The minimum Gasteiger partial charge on any atom is -0.497 e. The predicted molar refractivity (Wildman–Crippen MR) is 76.9 cm³/mol. The van der Waals surface area contributed by atoms with Gasteiger partial charge >= 0.3 is 0 Å². The van der Waals surface area contributed by atoms with Gasteiger partial charge in [-0.05, 0) is 42.8 Å². The molecule has 2 aromatic heterocycles. The highest BCUT2D eigenvalue weighted by atomic mass is 35.5. The maximum Gasteiger partial charge on any atom is 0.137 e. The number of hydrogen-bond acceptors (Lipinski definition) is 2. The van der Waals surface area contributed by atoms with Crippen molar-refractivity contribution >= 4 is 17.2 Å². The molecule has 0 saturated carbocycles. The molecule has 19 heavy (non-hydrogen) atoms. The molecule has 0 unspecified atom stereocenters. The molecule has 0 amide bonds. The number of hydrogen-bond donors (Lipinski definition) is 0. The predicted octanol–water partition coefficient (Wildman–Crippen LogP) is 3.97. The number of aromatic nitrogens is 2. The molecule has 0 bridgehead atoms. The highest BCUT2D eigenvalue weighted by molar-refractivity contribution is 6.30. The molecular weight excluding hydrogens is 260 g/mol. The van der Waals surface area contributed by atoms with Gasteiger partial charge in [0.1, 0.15) is 11.4 Å². The van der Waals surface area contributed by atoms with Crippen LogP contribution in [0.5, 0.6) is 5.75 Å². The van der Waals surface area contributed by atoms with Gasteiger partial charge in [-0.2, -0.15) is 0 Å². The first-order chi connectivity index (χ1) is 9.17. The Labute approximate surface area is 116 Å². The summed E-state index contributed by atoms with van der Waals surface area (Å²) in [5.41, 5.74) is 4.05. The lowest BCUT2D eigenvalue weighted by Crippen LogP contribution is -1.87. The molecular formula is C15H13ClN2O. The summed E-state index contributed by atoms with van der Waals surface area (Å²) < 4.78 is 7.15. The van der Waals surface area contributed by atoms with Crippen molar-refractivity contribution in [2.75, 3.05) is 7.11 Å². The average Bonchev–Trinajstić information content (AvgIpc) is 2.81. The van der Waals surface area contributed by atoms with Crippen LogP contribution in [0.2, 0.25) is 5.02 Å². The van der Waals surface area contributed by atoms with Gasteiger partial charge in [0, 0.05) is 18.0 Å². The molecule has 3 nitrogen and oxygen atoms in total. The van der Waals surface area contributed by atoms with Crippen LogP contribution in [0.3, 0.4) is 0 Å². The third kappa shape index (κ3) is 2.17. The fraction of sp³-hybridized carbons (Fsp3) is 0.133. The molecule has 0 aliphatic carbocycles. The van der Waals surface area contributed by atoms with Crippen LogP contribution in [0.4, 0.5) is 0 Å². The van der Waals surface area contributed by atoms with Crippen molar-refractivity contribution in [3.8, 4) is 17.0 Å². The van der Waals surface area contributed by atoms with Crippen LogP contribution in [0.15, 0.2) is 42.7 Å². The van der Waals surface area contributed by atoms with Crippen molar-refractivity contribution < 1.29 is 4.74 Å². The lowest BCUT2D eigenvalue weighted by atomic mass is 10.1. The summed E-state index contributed by atoms with van der Waals surface area (Å²) in [4.78, 5) is 4.60. The summed E-state index contributed by atoms with van der Waals surface area (Å²) in [6.45, 7) is 2.05. The van der Waals surface area contributed by atoms with E-state index in [1.54, 1.807) is 7.11 Å². The second-order valence-corrected chi connectivity index (χ2v) is 4.86. The zero-order chi connectivity index (χ0) is 13.4. The molecule has 0 radical (unpaired) electrons. The summed E-state index contributed by atoms with van der Waals surface area (Å²) >= 11 is 5.98. The first-order valence-corrected chi connectivity index (χ1v) is 6.34. The normalized spacial score (nSPS) is 10.9. The first-order valence-electron chi connectivity index (χ1n) is 5.96. The second-order valence-electron chi connectivity index (χ2n) is 4.42. The fourth-order valence-corrected chi connectivity index (χ4v) is 2.31. The highest BCUT2D eigenvalue weighted by Crippen LogP contribution is 2.26. The number of rotatable bonds is 2. The molecule has 96 valence electrons. The third-order valence-corrected chi connectivity index (χ3v) is 3.35. The molecule has 2 heterocycles. The van der Waals surface area contributed by atoms with Crippen LogP contribution in [-0.4, -0.2) is 16.5 Å². The van der Waals surface area contributed by atoms with Crippen LogP contribution >= 0.6 is 11.6 Å². The number of aryl methyl sites for hydroxylation is 1. The van der Waals surface area contributed by atoms with Gasteiger partial charge in [0.15, 0.2) is 0 Å². The van der Waals surface area contributed by atoms with Gasteiger partial charge in [-0.25, -0.2) is 4.98 Å². The monoisotopic (exact) mass is 272 g/mol. The summed E-state index contributed by atoms with van der Waals surface area (Å²) in [6, 6.07) is 9.72. The van der Waals surface area contributed by atoms with Gasteiger partial charge in [0.2, 0.25) is 0 Å². The number of imidazole rings is 1. The maximum atomic E-state index is 5.98. The van der Waals surface area contributed by atoms with E-state index in [0.717, 1.165) is 28.2 Å².